The van der Waals surface area contributed by atoms with Gasteiger partial charge < -0.3 is 15.0 Å². The van der Waals surface area contributed by atoms with Crippen molar-refractivity contribution < 1.29 is 15.0 Å². The minimum Gasteiger partial charge on any atom is -0.393 e. The molecule has 4 heteroatoms. The van der Waals surface area contributed by atoms with Crippen LogP contribution in [-0.4, -0.2) is 33.6 Å². The van der Waals surface area contributed by atoms with E-state index in [-0.39, 0.29) is 11.2 Å². The summed E-state index contributed by atoms with van der Waals surface area (Å²) in [5.41, 5.74) is 0. The lowest BCUT2D eigenvalue weighted by molar-refractivity contribution is -0.117. The predicted octanol–water partition coefficient (Wildman–Crippen LogP) is 5.00. The van der Waals surface area contributed by atoms with E-state index in [4.69, 9.17) is 11.6 Å². The van der Waals surface area contributed by atoms with Gasteiger partial charge in [0.2, 0.25) is 0 Å². The van der Waals surface area contributed by atoms with E-state index in [1.165, 1.54) is 12.8 Å². The van der Waals surface area contributed by atoms with Gasteiger partial charge in [-0.2, -0.15) is 0 Å². The van der Waals surface area contributed by atoms with Crippen LogP contribution in [0.2, 0.25) is 0 Å². The topological polar surface area (TPSA) is 57.5 Å². The largest absolute Gasteiger partial charge is 0.393 e. The summed E-state index contributed by atoms with van der Waals surface area (Å²) >= 11 is 6.22. The Labute approximate surface area is 147 Å². The highest BCUT2D eigenvalue weighted by Crippen LogP contribution is 2.19. The number of halogens is 1. The molecule has 0 fully saturated rings. The SMILES string of the molecule is CCCCCCC(O)CC(Cl)C(O)CCCCCCCC(C)=O. The van der Waals surface area contributed by atoms with Crippen LogP contribution in [-0.2, 0) is 4.79 Å². The van der Waals surface area contributed by atoms with E-state index >= 15 is 0 Å². The quantitative estimate of drug-likeness (QED) is 0.305. The second kappa shape index (κ2) is 15.4. The summed E-state index contributed by atoms with van der Waals surface area (Å²) in [6.07, 6.45) is 11.5. The van der Waals surface area contributed by atoms with Crippen LogP contribution in [0.4, 0.5) is 0 Å². The van der Waals surface area contributed by atoms with Gasteiger partial charge in [-0.05, 0) is 32.6 Å². The van der Waals surface area contributed by atoms with Gasteiger partial charge in [-0.3, -0.25) is 0 Å². The third-order valence-electron chi connectivity index (χ3n) is 4.33. The van der Waals surface area contributed by atoms with Gasteiger partial charge in [-0.1, -0.05) is 58.3 Å². The van der Waals surface area contributed by atoms with Crippen molar-refractivity contribution in [3.63, 3.8) is 0 Å². The van der Waals surface area contributed by atoms with Crippen LogP contribution in [0.3, 0.4) is 0 Å². The summed E-state index contributed by atoms with van der Waals surface area (Å²) in [6.45, 7) is 3.81. The number of carbonyl (C=O) groups is 1. The van der Waals surface area contributed by atoms with Crippen LogP contribution in [0, 0.1) is 0 Å². The van der Waals surface area contributed by atoms with E-state index in [1.54, 1.807) is 6.92 Å². The Morgan fingerprint density at radius 3 is 2.13 bits per heavy atom. The van der Waals surface area contributed by atoms with Crippen molar-refractivity contribution in [1.29, 1.82) is 0 Å². The van der Waals surface area contributed by atoms with Crippen LogP contribution < -0.4 is 0 Å². The zero-order valence-corrected chi connectivity index (χ0v) is 15.9. The molecule has 0 radical (unpaired) electrons. The van der Waals surface area contributed by atoms with Crippen molar-refractivity contribution >= 4 is 17.4 Å². The normalized spacial score (nSPS) is 15.3. The summed E-state index contributed by atoms with van der Waals surface area (Å²) in [4.78, 5) is 10.8. The number of alkyl halides is 1. The smallest absolute Gasteiger partial charge is 0.129 e. The molecule has 0 aliphatic carbocycles. The molecule has 0 heterocycles. The first-order valence-corrected chi connectivity index (χ1v) is 9.90. The van der Waals surface area contributed by atoms with E-state index in [9.17, 15) is 15.0 Å². The Hall–Kier alpha value is -0.120. The first-order chi connectivity index (χ1) is 11.0. The third-order valence-corrected chi connectivity index (χ3v) is 4.80. The van der Waals surface area contributed by atoms with Gasteiger partial charge in [0.1, 0.15) is 5.78 Å². The minimum absolute atomic E-state index is 0.263. The van der Waals surface area contributed by atoms with Crippen LogP contribution in [0.15, 0.2) is 0 Å². The first kappa shape index (κ1) is 22.9. The van der Waals surface area contributed by atoms with Crippen LogP contribution >= 0.6 is 11.6 Å². The Morgan fingerprint density at radius 1 is 0.913 bits per heavy atom. The molecule has 3 nitrogen and oxygen atoms in total. The molecule has 0 saturated heterocycles. The van der Waals surface area contributed by atoms with Crippen molar-refractivity contribution in [3.8, 4) is 0 Å². The van der Waals surface area contributed by atoms with E-state index < -0.39 is 12.2 Å². The molecular weight excluding hydrogens is 312 g/mol. The molecule has 0 spiro atoms. The van der Waals surface area contributed by atoms with Gasteiger partial charge in [0, 0.05) is 6.42 Å². The molecule has 3 atom stereocenters. The second-order valence-electron chi connectivity index (χ2n) is 6.83. The molecule has 23 heavy (non-hydrogen) atoms. The van der Waals surface area contributed by atoms with E-state index in [2.05, 4.69) is 6.92 Å². The molecule has 0 aliphatic heterocycles. The highest BCUT2D eigenvalue weighted by molar-refractivity contribution is 6.21. The average Bonchev–Trinajstić information content (AvgIpc) is 2.50. The van der Waals surface area contributed by atoms with Crippen molar-refractivity contribution in [2.45, 2.75) is 115 Å². The van der Waals surface area contributed by atoms with Crippen molar-refractivity contribution in [2.75, 3.05) is 0 Å². The Morgan fingerprint density at radius 2 is 1.48 bits per heavy atom. The molecule has 0 aromatic carbocycles. The number of rotatable bonds is 16. The van der Waals surface area contributed by atoms with Crippen molar-refractivity contribution in [2.24, 2.45) is 0 Å². The predicted molar refractivity (Wildman–Crippen MR) is 98.0 cm³/mol. The maximum atomic E-state index is 10.8. The summed E-state index contributed by atoms with van der Waals surface area (Å²) in [7, 11) is 0. The third kappa shape index (κ3) is 15.2. The summed E-state index contributed by atoms with van der Waals surface area (Å²) in [5, 5.41) is 19.7. The molecular formula is C19H37ClO3. The summed E-state index contributed by atoms with van der Waals surface area (Å²) in [5.74, 6) is 0.263. The Balaban J connectivity index is 3.57. The van der Waals surface area contributed by atoms with Gasteiger partial charge in [-0.25, -0.2) is 0 Å². The van der Waals surface area contributed by atoms with E-state index in [0.29, 0.717) is 19.3 Å². The highest BCUT2D eigenvalue weighted by atomic mass is 35.5. The van der Waals surface area contributed by atoms with Crippen LogP contribution in [0.1, 0.15) is 97.3 Å². The first-order valence-electron chi connectivity index (χ1n) is 9.47. The van der Waals surface area contributed by atoms with E-state index in [0.717, 1.165) is 51.4 Å². The number of hydrogen-bond acceptors (Lipinski definition) is 3. The molecule has 0 saturated carbocycles. The van der Waals surface area contributed by atoms with Crippen LogP contribution in [0.5, 0.6) is 0 Å². The molecule has 0 aromatic rings. The average molecular weight is 349 g/mol. The van der Waals surface area contributed by atoms with E-state index in [1.807, 2.05) is 0 Å². The standard InChI is InChI=1S/C19H37ClO3/c1-3-4-5-10-13-17(22)15-18(20)19(23)14-11-8-6-7-9-12-16(2)21/h17-19,22-23H,3-15H2,1-2H3. The van der Waals surface area contributed by atoms with Gasteiger partial charge in [0.15, 0.2) is 0 Å². The molecule has 0 bridgehead atoms. The van der Waals surface area contributed by atoms with Crippen molar-refractivity contribution in [1.82, 2.24) is 0 Å². The maximum absolute atomic E-state index is 10.8. The fraction of sp³-hybridized carbons (Fsp3) is 0.947. The number of hydrogen-bond donors (Lipinski definition) is 2. The fourth-order valence-electron chi connectivity index (χ4n) is 2.78. The summed E-state index contributed by atoms with van der Waals surface area (Å²) < 4.78 is 0. The number of aliphatic hydroxyl groups is 2. The number of unbranched alkanes of at least 4 members (excludes halogenated alkanes) is 7. The molecule has 0 aliphatic rings. The molecule has 138 valence electrons. The molecule has 0 amide bonds. The molecule has 2 N–H and O–H groups in total. The van der Waals surface area contributed by atoms with Gasteiger partial charge in [0.25, 0.3) is 0 Å². The number of carbonyl (C=O) groups excluding carboxylic acids is 1. The molecule has 0 aromatic heterocycles. The van der Waals surface area contributed by atoms with Gasteiger partial charge in [-0.15, -0.1) is 11.6 Å². The molecule has 3 unspecified atom stereocenters. The molecule has 0 rings (SSSR count). The fourth-order valence-corrected chi connectivity index (χ4v) is 3.11. The van der Waals surface area contributed by atoms with Gasteiger partial charge >= 0.3 is 0 Å². The lowest BCUT2D eigenvalue weighted by atomic mass is 10.00. The Kier molecular flexibility index (Phi) is 15.3. The zero-order valence-electron chi connectivity index (χ0n) is 15.1. The second-order valence-corrected chi connectivity index (χ2v) is 7.39. The van der Waals surface area contributed by atoms with Crippen LogP contribution in [0.25, 0.3) is 0 Å². The number of Topliss-reactive ketones (excluding diaryl/α,β-unsaturated/α-hetero) is 1. The Bertz CT molecular complexity index is 284. The van der Waals surface area contributed by atoms with Crippen molar-refractivity contribution in [3.05, 3.63) is 0 Å². The zero-order chi connectivity index (χ0) is 17.5. The lowest BCUT2D eigenvalue weighted by Gasteiger charge is -2.20. The maximum Gasteiger partial charge on any atom is 0.129 e. The van der Waals surface area contributed by atoms with Gasteiger partial charge in [0.05, 0.1) is 17.6 Å². The monoisotopic (exact) mass is 348 g/mol. The number of aliphatic hydroxyl groups excluding tert-OH is 2. The summed E-state index contributed by atoms with van der Waals surface area (Å²) in [6, 6.07) is 0. The highest BCUT2D eigenvalue weighted by Gasteiger charge is 2.19. The lowest BCUT2D eigenvalue weighted by Crippen LogP contribution is -2.25. The minimum atomic E-state index is -0.529. The number of ketones is 1.